The first-order valence-electron chi connectivity index (χ1n) is 4.36. The first kappa shape index (κ1) is 10.2. The lowest BCUT2D eigenvalue weighted by molar-refractivity contribution is 0.0467. The molecule has 2 nitrogen and oxygen atoms in total. The summed E-state index contributed by atoms with van der Waals surface area (Å²) in [5.74, 6) is -12.0. The third-order valence-corrected chi connectivity index (χ3v) is 3.31. The minimum atomic E-state index is -3.19. The van der Waals surface area contributed by atoms with E-state index in [0.29, 0.717) is 0 Å². The fourth-order valence-corrected chi connectivity index (χ4v) is 2.28. The Kier molecular flexibility index (Phi) is 1.89. The highest BCUT2D eigenvalue weighted by molar-refractivity contribution is 5.20. The van der Waals surface area contributed by atoms with E-state index in [9.17, 15) is 17.6 Å². The molecule has 2 aliphatic rings. The molecule has 0 aliphatic heterocycles. The van der Waals surface area contributed by atoms with Gasteiger partial charge in [0.05, 0.1) is 25.0 Å². The van der Waals surface area contributed by atoms with Crippen molar-refractivity contribution < 1.29 is 27.8 Å². The third kappa shape index (κ3) is 1.04. The highest BCUT2D eigenvalue weighted by atomic mass is 19.3. The van der Waals surface area contributed by atoms with Crippen LogP contribution in [0.4, 0.5) is 17.6 Å². The first-order chi connectivity index (χ1) is 6.39. The molecular formula is C8H10F4O2. The van der Waals surface area contributed by atoms with E-state index in [1.807, 2.05) is 0 Å². The van der Waals surface area contributed by atoms with Crippen molar-refractivity contribution in [2.24, 2.45) is 23.7 Å². The Hall–Kier alpha value is -0.360. The Bertz CT molecular complexity index is 230. The van der Waals surface area contributed by atoms with E-state index in [1.54, 1.807) is 0 Å². The summed E-state index contributed by atoms with van der Waals surface area (Å²) >= 11 is 0. The van der Waals surface area contributed by atoms with Crippen molar-refractivity contribution in [3.8, 4) is 0 Å². The van der Waals surface area contributed by atoms with Crippen LogP contribution in [0.2, 0.25) is 0 Å². The van der Waals surface area contributed by atoms with Gasteiger partial charge in [-0.2, -0.15) is 0 Å². The van der Waals surface area contributed by atoms with Crippen molar-refractivity contribution in [1.29, 1.82) is 0 Å². The lowest BCUT2D eigenvalue weighted by Crippen LogP contribution is -2.01. The van der Waals surface area contributed by atoms with Gasteiger partial charge in [-0.15, -0.1) is 0 Å². The van der Waals surface area contributed by atoms with E-state index in [4.69, 9.17) is 10.2 Å². The number of aliphatic hydroxyl groups is 2. The number of hydrogen-bond donors (Lipinski definition) is 2. The Morgan fingerprint density at radius 2 is 1.07 bits per heavy atom. The van der Waals surface area contributed by atoms with Crippen LogP contribution in [0.15, 0.2) is 0 Å². The average Bonchev–Trinajstić information content (AvgIpc) is 2.81. The fraction of sp³-hybridized carbons (Fsp3) is 1.00. The van der Waals surface area contributed by atoms with E-state index in [2.05, 4.69) is 0 Å². The minimum Gasteiger partial charge on any atom is -0.396 e. The number of alkyl halides is 4. The quantitative estimate of drug-likeness (QED) is 0.680. The number of aliphatic hydroxyl groups excluding tert-OH is 2. The van der Waals surface area contributed by atoms with Crippen molar-refractivity contribution in [3.05, 3.63) is 0 Å². The second-order valence-electron chi connectivity index (χ2n) is 3.98. The van der Waals surface area contributed by atoms with Gasteiger partial charge in [0.1, 0.15) is 0 Å². The van der Waals surface area contributed by atoms with Crippen molar-refractivity contribution >= 4 is 0 Å². The molecular weight excluding hydrogens is 204 g/mol. The van der Waals surface area contributed by atoms with Gasteiger partial charge in [0.15, 0.2) is 0 Å². The van der Waals surface area contributed by atoms with Gasteiger partial charge in [0.25, 0.3) is 11.8 Å². The second kappa shape index (κ2) is 2.61. The zero-order chi connectivity index (χ0) is 10.7. The Morgan fingerprint density at radius 1 is 0.786 bits per heavy atom. The predicted molar refractivity (Wildman–Crippen MR) is 38.0 cm³/mol. The van der Waals surface area contributed by atoms with Gasteiger partial charge < -0.3 is 10.2 Å². The molecule has 0 unspecified atom stereocenters. The van der Waals surface area contributed by atoms with E-state index >= 15 is 0 Å². The van der Waals surface area contributed by atoms with Crippen LogP contribution >= 0.6 is 0 Å². The molecule has 4 atom stereocenters. The predicted octanol–water partition coefficient (Wildman–Crippen LogP) is 0.734. The highest BCUT2D eigenvalue weighted by Gasteiger charge is 2.83. The van der Waals surface area contributed by atoms with Gasteiger partial charge in [-0.1, -0.05) is 0 Å². The lowest BCUT2D eigenvalue weighted by Gasteiger charge is -1.93. The molecule has 82 valence electrons. The van der Waals surface area contributed by atoms with Gasteiger partial charge in [0.2, 0.25) is 0 Å². The molecule has 0 bridgehead atoms. The molecule has 0 aromatic carbocycles. The number of hydrogen-bond acceptors (Lipinski definition) is 2. The second-order valence-corrected chi connectivity index (χ2v) is 3.98. The highest BCUT2D eigenvalue weighted by Crippen LogP contribution is 2.71. The fourth-order valence-electron chi connectivity index (χ4n) is 2.28. The molecule has 2 fully saturated rings. The summed E-state index contributed by atoms with van der Waals surface area (Å²) in [7, 11) is 0. The standard InChI is InChI=1S/C8H10F4O2/c9-7(10)3(1-13)5(7)6-4(2-14)8(6,11)12/h3-6,13-14H,1-2H2/t3-,4-,5-,6-/m0/s1. The van der Waals surface area contributed by atoms with Crippen LogP contribution < -0.4 is 0 Å². The molecule has 2 N–H and O–H groups in total. The van der Waals surface area contributed by atoms with Crippen LogP contribution in [0.3, 0.4) is 0 Å². The zero-order valence-electron chi connectivity index (χ0n) is 7.13. The summed E-state index contributed by atoms with van der Waals surface area (Å²) < 4.78 is 51.3. The summed E-state index contributed by atoms with van der Waals surface area (Å²) in [5, 5.41) is 17.1. The molecule has 0 radical (unpaired) electrons. The van der Waals surface area contributed by atoms with Gasteiger partial charge >= 0.3 is 0 Å². The summed E-state index contributed by atoms with van der Waals surface area (Å²) in [6.45, 7) is -1.55. The van der Waals surface area contributed by atoms with Crippen LogP contribution in [0, 0.1) is 23.7 Å². The maximum Gasteiger partial charge on any atom is 0.257 e. The van der Waals surface area contributed by atoms with Gasteiger partial charge in [-0.25, -0.2) is 17.6 Å². The van der Waals surface area contributed by atoms with Crippen LogP contribution in [-0.4, -0.2) is 35.3 Å². The summed E-state index contributed by atoms with van der Waals surface area (Å²) in [5.41, 5.74) is 0. The summed E-state index contributed by atoms with van der Waals surface area (Å²) in [4.78, 5) is 0. The normalized spacial score (nSPS) is 47.6. The molecule has 0 spiro atoms. The monoisotopic (exact) mass is 214 g/mol. The molecule has 14 heavy (non-hydrogen) atoms. The SMILES string of the molecule is OC[C@H]1[C@@H]([C@@H]2[C@H](CO)C2(F)F)C1(F)F. The largest absolute Gasteiger partial charge is 0.396 e. The van der Waals surface area contributed by atoms with Crippen molar-refractivity contribution in [2.45, 2.75) is 11.8 Å². The summed E-state index contributed by atoms with van der Waals surface area (Å²) in [6, 6.07) is 0. The van der Waals surface area contributed by atoms with Crippen LogP contribution in [0.5, 0.6) is 0 Å². The lowest BCUT2D eigenvalue weighted by atomic mass is 10.2. The Morgan fingerprint density at radius 3 is 1.21 bits per heavy atom. The number of rotatable bonds is 3. The topological polar surface area (TPSA) is 40.5 Å². The van der Waals surface area contributed by atoms with E-state index in [0.717, 1.165) is 0 Å². The molecule has 0 aromatic heterocycles. The van der Waals surface area contributed by atoms with Crippen molar-refractivity contribution in [2.75, 3.05) is 13.2 Å². The van der Waals surface area contributed by atoms with Crippen molar-refractivity contribution in [3.63, 3.8) is 0 Å². The molecule has 2 aliphatic carbocycles. The van der Waals surface area contributed by atoms with E-state index < -0.39 is 48.7 Å². The minimum absolute atomic E-state index is 0.775. The maximum atomic E-state index is 12.8. The molecule has 6 heteroatoms. The Balaban J connectivity index is 2.07. The maximum absolute atomic E-state index is 12.8. The van der Waals surface area contributed by atoms with E-state index in [1.165, 1.54) is 0 Å². The molecule has 2 rings (SSSR count). The third-order valence-electron chi connectivity index (χ3n) is 3.31. The van der Waals surface area contributed by atoms with E-state index in [-0.39, 0.29) is 0 Å². The van der Waals surface area contributed by atoms with Crippen LogP contribution in [0.25, 0.3) is 0 Å². The van der Waals surface area contributed by atoms with Crippen molar-refractivity contribution in [1.82, 2.24) is 0 Å². The van der Waals surface area contributed by atoms with Gasteiger partial charge in [0, 0.05) is 11.8 Å². The first-order valence-corrected chi connectivity index (χ1v) is 4.36. The molecule has 0 aromatic rings. The summed E-state index contributed by atoms with van der Waals surface area (Å²) in [6.07, 6.45) is 0. The zero-order valence-corrected chi connectivity index (χ0v) is 7.13. The number of halogens is 4. The van der Waals surface area contributed by atoms with Gasteiger partial charge in [-0.05, 0) is 0 Å². The average molecular weight is 214 g/mol. The van der Waals surface area contributed by atoms with Crippen LogP contribution in [-0.2, 0) is 0 Å². The molecule has 0 amide bonds. The molecule has 0 heterocycles. The molecule has 2 saturated carbocycles. The Labute approximate surface area is 77.5 Å². The van der Waals surface area contributed by atoms with Crippen LogP contribution in [0.1, 0.15) is 0 Å². The smallest absolute Gasteiger partial charge is 0.257 e. The molecule has 0 saturated heterocycles. The van der Waals surface area contributed by atoms with Gasteiger partial charge in [-0.3, -0.25) is 0 Å².